The summed E-state index contributed by atoms with van der Waals surface area (Å²) in [7, 11) is 3.36. The molecule has 0 fully saturated rings. The zero-order valence-corrected chi connectivity index (χ0v) is 10.7. The Balaban J connectivity index is 2.36. The molecule has 2 rings (SSSR count). The third-order valence-corrected chi connectivity index (χ3v) is 3.25. The van der Waals surface area contributed by atoms with Crippen molar-refractivity contribution in [2.24, 2.45) is 5.73 Å². The van der Waals surface area contributed by atoms with Gasteiger partial charge in [0.1, 0.15) is 12.2 Å². The van der Waals surface area contributed by atoms with Gasteiger partial charge in [-0.1, -0.05) is 6.07 Å². The van der Waals surface area contributed by atoms with Crippen LogP contribution in [0.25, 0.3) is 0 Å². The van der Waals surface area contributed by atoms with Gasteiger partial charge in [0, 0.05) is 7.05 Å². The number of nitrogens with two attached hydrogens (primary N) is 1. The maximum Gasteiger partial charge on any atom is 0.341 e. The first-order chi connectivity index (χ1) is 8.69. The van der Waals surface area contributed by atoms with Crippen molar-refractivity contribution in [2.45, 2.75) is 12.5 Å². The SMILES string of the molecule is COC(=O)c1cccc2c1OCC(CCN)N2C. The van der Waals surface area contributed by atoms with Gasteiger partial charge >= 0.3 is 5.97 Å². The molecule has 0 radical (unpaired) electrons. The van der Waals surface area contributed by atoms with Crippen LogP contribution in [-0.2, 0) is 4.74 Å². The average molecular weight is 250 g/mol. The summed E-state index contributed by atoms with van der Waals surface area (Å²) in [6, 6.07) is 5.72. The summed E-state index contributed by atoms with van der Waals surface area (Å²) in [5.41, 5.74) is 6.96. The highest BCUT2D eigenvalue weighted by Gasteiger charge is 2.27. The van der Waals surface area contributed by atoms with Crippen LogP contribution in [0.5, 0.6) is 5.75 Å². The van der Waals surface area contributed by atoms with E-state index in [0.29, 0.717) is 24.5 Å². The summed E-state index contributed by atoms with van der Waals surface area (Å²) in [5.74, 6) is 0.220. The molecule has 18 heavy (non-hydrogen) atoms. The number of hydrogen-bond donors (Lipinski definition) is 1. The lowest BCUT2D eigenvalue weighted by atomic mass is 10.1. The Bertz CT molecular complexity index is 448. The van der Waals surface area contributed by atoms with Crippen molar-refractivity contribution in [3.8, 4) is 5.75 Å². The fraction of sp³-hybridized carbons (Fsp3) is 0.462. The molecule has 2 N–H and O–H groups in total. The maximum atomic E-state index is 11.7. The molecule has 1 unspecified atom stereocenters. The van der Waals surface area contributed by atoms with Crippen LogP contribution in [0.3, 0.4) is 0 Å². The minimum atomic E-state index is -0.377. The predicted molar refractivity (Wildman–Crippen MR) is 69.1 cm³/mol. The van der Waals surface area contributed by atoms with Crippen molar-refractivity contribution in [1.82, 2.24) is 0 Å². The normalized spacial score (nSPS) is 17.9. The van der Waals surface area contributed by atoms with Gasteiger partial charge in [-0.2, -0.15) is 0 Å². The van der Waals surface area contributed by atoms with E-state index in [2.05, 4.69) is 4.90 Å². The van der Waals surface area contributed by atoms with Crippen molar-refractivity contribution in [2.75, 3.05) is 32.2 Å². The van der Waals surface area contributed by atoms with Gasteiger partial charge in [0.2, 0.25) is 0 Å². The molecule has 0 saturated heterocycles. The molecule has 5 heteroatoms. The molecule has 1 atom stereocenters. The number of anilines is 1. The molecule has 1 aromatic rings. The zero-order chi connectivity index (χ0) is 13.1. The van der Waals surface area contributed by atoms with E-state index in [1.54, 1.807) is 6.07 Å². The van der Waals surface area contributed by atoms with Crippen LogP contribution in [0, 0.1) is 0 Å². The number of para-hydroxylation sites is 1. The summed E-state index contributed by atoms with van der Waals surface area (Å²) in [6.07, 6.45) is 0.860. The minimum absolute atomic E-state index is 0.246. The van der Waals surface area contributed by atoms with Crippen LogP contribution in [0.4, 0.5) is 5.69 Å². The van der Waals surface area contributed by atoms with E-state index in [1.807, 2.05) is 19.2 Å². The first kappa shape index (κ1) is 12.7. The van der Waals surface area contributed by atoms with E-state index in [1.165, 1.54) is 7.11 Å². The molecule has 5 nitrogen and oxygen atoms in total. The Morgan fingerprint density at radius 1 is 1.61 bits per heavy atom. The third-order valence-electron chi connectivity index (χ3n) is 3.25. The van der Waals surface area contributed by atoms with Gasteiger partial charge in [-0.05, 0) is 25.1 Å². The summed E-state index contributed by atoms with van der Waals surface area (Å²) >= 11 is 0. The summed E-state index contributed by atoms with van der Waals surface area (Å²) in [4.78, 5) is 13.8. The van der Waals surface area contributed by atoms with E-state index in [9.17, 15) is 4.79 Å². The number of ether oxygens (including phenoxy) is 2. The smallest absolute Gasteiger partial charge is 0.341 e. The van der Waals surface area contributed by atoms with Crippen molar-refractivity contribution >= 4 is 11.7 Å². The van der Waals surface area contributed by atoms with Gasteiger partial charge in [0.15, 0.2) is 5.75 Å². The lowest BCUT2D eigenvalue weighted by Crippen LogP contribution is -2.42. The number of methoxy groups -OCH3 is 1. The second kappa shape index (κ2) is 5.27. The van der Waals surface area contributed by atoms with Crippen molar-refractivity contribution in [3.63, 3.8) is 0 Å². The van der Waals surface area contributed by atoms with Crippen LogP contribution >= 0.6 is 0 Å². The van der Waals surface area contributed by atoms with E-state index in [0.717, 1.165) is 12.1 Å². The van der Waals surface area contributed by atoms with Gasteiger partial charge in [0.05, 0.1) is 18.8 Å². The van der Waals surface area contributed by atoms with Gasteiger partial charge in [-0.3, -0.25) is 0 Å². The van der Waals surface area contributed by atoms with E-state index in [-0.39, 0.29) is 12.0 Å². The molecule has 1 aliphatic rings. The second-order valence-corrected chi connectivity index (χ2v) is 4.30. The standard InChI is InChI=1S/C13H18N2O3/c1-15-9(6-7-14)8-18-12-10(13(16)17-2)4-3-5-11(12)15/h3-5,9H,6-8,14H2,1-2H3. The molecular formula is C13H18N2O3. The third kappa shape index (κ3) is 2.13. The second-order valence-electron chi connectivity index (χ2n) is 4.30. The summed E-state index contributed by atoms with van der Waals surface area (Å²) in [6.45, 7) is 1.15. The summed E-state index contributed by atoms with van der Waals surface area (Å²) in [5, 5.41) is 0. The van der Waals surface area contributed by atoms with Gasteiger partial charge in [-0.15, -0.1) is 0 Å². The highest BCUT2D eigenvalue weighted by molar-refractivity contribution is 5.95. The van der Waals surface area contributed by atoms with Crippen molar-refractivity contribution in [3.05, 3.63) is 23.8 Å². The first-order valence-electron chi connectivity index (χ1n) is 5.96. The van der Waals surface area contributed by atoms with Crippen LogP contribution in [0.15, 0.2) is 18.2 Å². The number of hydrogen-bond acceptors (Lipinski definition) is 5. The van der Waals surface area contributed by atoms with Gasteiger partial charge in [-0.25, -0.2) is 4.79 Å². The fourth-order valence-electron chi connectivity index (χ4n) is 2.18. The van der Waals surface area contributed by atoms with Crippen LogP contribution in [0.2, 0.25) is 0 Å². The number of rotatable bonds is 3. The molecule has 0 aliphatic carbocycles. The van der Waals surface area contributed by atoms with E-state index >= 15 is 0 Å². The van der Waals surface area contributed by atoms with Gasteiger partial charge < -0.3 is 20.1 Å². The van der Waals surface area contributed by atoms with Crippen molar-refractivity contribution in [1.29, 1.82) is 0 Å². The van der Waals surface area contributed by atoms with E-state index in [4.69, 9.17) is 15.2 Å². The number of carbonyl (C=O) groups is 1. The average Bonchev–Trinajstić information content (AvgIpc) is 2.41. The lowest BCUT2D eigenvalue weighted by molar-refractivity contribution is 0.0595. The highest BCUT2D eigenvalue weighted by Crippen LogP contribution is 2.36. The maximum absolute atomic E-state index is 11.7. The molecule has 0 spiro atoms. The zero-order valence-electron chi connectivity index (χ0n) is 10.7. The van der Waals surface area contributed by atoms with Crippen LogP contribution < -0.4 is 15.4 Å². The number of nitrogens with zero attached hydrogens (tertiary/aromatic N) is 1. The Kier molecular flexibility index (Phi) is 3.72. The number of likely N-dealkylation sites (N-methyl/N-ethyl adjacent to an activating group) is 1. The molecule has 1 heterocycles. The molecule has 1 aliphatic heterocycles. The number of carbonyl (C=O) groups excluding carboxylic acids is 1. The largest absolute Gasteiger partial charge is 0.488 e. The Labute approximate surface area is 106 Å². The lowest BCUT2D eigenvalue weighted by Gasteiger charge is -2.36. The number of benzene rings is 1. The quantitative estimate of drug-likeness (QED) is 0.811. The molecule has 1 aromatic carbocycles. The first-order valence-corrected chi connectivity index (χ1v) is 5.96. The molecule has 0 saturated carbocycles. The Hall–Kier alpha value is -1.75. The van der Waals surface area contributed by atoms with E-state index < -0.39 is 0 Å². The monoisotopic (exact) mass is 250 g/mol. The minimum Gasteiger partial charge on any atom is -0.488 e. The topological polar surface area (TPSA) is 64.8 Å². The van der Waals surface area contributed by atoms with Crippen molar-refractivity contribution < 1.29 is 14.3 Å². The molecule has 0 bridgehead atoms. The number of fused-ring (bicyclic) bond motifs is 1. The highest BCUT2D eigenvalue weighted by atomic mass is 16.5. The molecule has 0 amide bonds. The number of esters is 1. The van der Waals surface area contributed by atoms with Crippen LogP contribution in [-0.4, -0.2) is 39.3 Å². The summed E-state index contributed by atoms with van der Waals surface area (Å²) < 4.78 is 10.5. The molecule has 98 valence electrons. The fourth-order valence-corrected chi connectivity index (χ4v) is 2.18. The predicted octanol–water partition coefficient (Wildman–Crippen LogP) is 1.02. The Morgan fingerprint density at radius 3 is 3.06 bits per heavy atom. The Morgan fingerprint density at radius 2 is 2.39 bits per heavy atom. The van der Waals surface area contributed by atoms with Crippen LogP contribution in [0.1, 0.15) is 16.8 Å². The molecular weight excluding hydrogens is 232 g/mol. The van der Waals surface area contributed by atoms with Gasteiger partial charge in [0.25, 0.3) is 0 Å². The molecule has 0 aromatic heterocycles.